The van der Waals surface area contributed by atoms with E-state index in [-0.39, 0.29) is 18.3 Å². The molecule has 1 N–H and O–H groups in total. The topological polar surface area (TPSA) is 46.5 Å². The van der Waals surface area contributed by atoms with Crippen LogP contribution in [0, 0.1) is 5.92 Å². The van der Waals surface area contributed by atoms with Gasteiger partial charge in [0.1, 0.15) is 5.60 Å². The summed E-state index contributed by atoms with van der Waals surface area (Å²) in [7, 11) is 0. The van der Waals surface area contributed by atoms with Crippen molar-refractivity contribution in [2.24, 2.45) is 5.92 Å². The highest BCUT2D eigenvalue weighted by Crippen LogP contribution is 2.15. The Hall–Kier alpha value is -0.830. The third-order valence-electron chi connectivity index (χ3n) is 1.97. The molecule has 0 aromatic heterocycles. The van der Waals surface area contributed by atoms with Crippen LogP contribution in [0.4, 0.5) is 0 Å². The van der Waals surface area contributed by atoms with Gasteiger partial charge in [-0.15, -0.1) is 6.58 Å². The number of ether oxygens (including phenoxy) is 1. The second kappa shape index (κ2) is 5.91. The Kier molecular flexibility index (Phi) is 5.58. The second-order valence-electron chi connectivity index (χ2n) is 4.86. The van der Waals surface area contributed by atoms with Crippen LogP contribution >= 0.6 is 0 Å². The number of carbonyl (C=O) groups excluding carboxylic acids is 1. The lowest BCUT2D eigenvalue weighted by Crippen LogP contribution is -2.27. The van der Waals surface area contributed by atoms with Crippen LogP contribution in [0.15, 0.2) is 12.7 Å². The maximum atomic E-state index is 11.4. The lowest BCUT2D eigenvalue weighted by atomic mass is 9.98. The molecule has 0 aromatic rings. The van der Waals surface area contributed by atoms with E-state index in [1.807, 2.05) is 27.7 Å². The minimum Gasteiger partial charge on any atom is -0.460 e. The molecule has 1 unspecified atom stereocenters. The highest BCUT2D eigenvalue weighted by molar-refractivity contribution is 5.70. The van der Waals surface area contributed by atoms with Gasteiger partial charge in [-0.2, -0.15) is 0 Å². The third kappa shape index (κ3) is 7.14. The summed E-state index contributed by atoms with van der Waals surface area (Å²) < 4.78 is 5.16. The van der Waals surface area contributed by atoms with Crippen LogP contribution in [0.3, 0.4) is 0 Å². The predicted molar refractivity (Wildman–Crippen MR) is 60.4 cm³/mol. The van der Waals surface area contributed by atoms with Gasteiger partial charge in [0.15, 0.2) is 0 Å². The number of esters is 1. The van der Waals surface area contributed by atoms with Gasteiger partial charge in [0.05, 0.1) is 12.5 Å². The molecule has 0 spiro atoms. The van der Waals surface area contributed by atoms with E-state index in [1.165, 1.54) is 0 Å². The van der Waals surface area contributed by atoms with Crippen LogP contribution in [0.5, 0.6) is 0 Å². The smallest absolute Gasteiger partial charge is 0.306 e. The van der Waals surface area contributed by atoms with Gasteiger partial charge in [0.25, 0.3) is 0 Å². The molecule has 0 radical (unpaired) electrons. The molecule has 3 nitrogen and oxygen atoms in total. The Bertz CT molecular complexity index is 215. The van der Waals surface area contributed by atoms with E-state index in [0.717, 1.165) is 0 Å². The van der Waals surface area contributed by atoms with E-state index < -0.39 is 11.7 Å². The molecule has 0 fully saturated rings. The van der Waals surface area contributed by atoms with Gasteiger partial charge >= 0.3 is 5.97 Å². The Labute approximate surface area is 92.1 Å². The number of hydrogen-bond acceptors (Lipinski definition) is 3. The van der Waals surface area contributed by atoms with Gasteiger partial charge in [-0.05, 0) is 33.1 Å². The highest BCUT2D eigenvalue weighted by Gasteiger charge is 2.21. The molecule has 15 heavy (non-hydrogen) atoms. The molecular formula is C12H22O3. The first-order valence-electron chi connectivity index (χ1n) is 5.27. The summed E-state index contributed by atoms with van der Waals surface area (Å²) in [6.07, 6.45) is 1.88. The average molecular weight is 214 g/mol. The Morgan fingerprint density at radius 1 is 1.53 bits per heavy atom. The second-order valence-corrected chi connectivity index (χ2v) is 4.86. The van der Waals surface area contributed by atoms with E-state index in [2.05, 4.69) is 6.58 Å². The summed E-state index contributed by atoms with van der Waals surface area (Å²) >= 11 is 0. The van der Waals surface area contributed by atoms with Gasteiger partial charge in [0, 0.05) is 0 Å². The molecule has 88 valence electrons. The maximum Gasteiger partial charge on any atom is 0.306 e. The number of carbonyl (C=O) groups is 1. The van der Waals surface area contributed by atoms with Crippen LogP contribution in [0.25, 0.3) is 0 Å². The van der Waals surface area contributed by atoms with Gasteiger partial charge < -0.3 is 9.84 Å². The van der Waals surface area contributed by atoms with Crippen LogP contribution in [-0.4, -0.2) is 22.8 Å². The van der Waals surface area contributed by atoms with Gasteiger partial charge in [-0.3, -0.25) is 4.79 Å². The quantitative estimate of drug-likeness (QED) is 0.564. The van der Waals surface area contributed by atoms with Gasteiger partial charge in [-0.1, -0.05) is 13.0 Å². The first-order chi connectivity index (χ1) is 6.76. The molecule has 0 aromatic carbocycles. The zero-order chi connectivity index (χ0) is 12.1. The Balaban J connectivity index is 4.01. The third-order valence-corrected chi connectivity index (χ3v) is 1.97. The van der Waals surface area contributed by atoms with Crippen molar-refractivity contribution in [1.29, 1.82) is 0 Å². The van der Waals surface area contributed by atoms with E-state index in [0.29, 0.717) is 6.42 Å². The summed E-state index contributed by atoms with van der Waals surface area (Å²) in [5.74, 6) is -0.365. The fourth-order valence-corrected chi connectivity index (χ4v) is 1.19. The first kappa shape index (κ1) is 14.2. The van der Waals surface area contributed by atoms with Crippen molar-refractivity contribution >= 4 is 5.97 Å². The lowest BCUT2D eigenvalue weighted by molar-refractivity contribution is -0.156. The predicted octanol–water partition coefficient (Wildman–Crippen LogP) is 2.29. The average Bonchev–Trinajstić information content (AvgIpc) is 2.00. The summed E-state index contributed by atoms with van der Waals surface area (Å²) in [5, 5.41) is 9.59. The van der Waals surface area contributed by atoms with Crippen molar-refractivity contribution in [3.05, 3.63) is 12.7 Å². The fraction of sp³-hybridized carbons (Fsp3) is 0.750. The summed E-state index contributed by atoms with van der Waals surface area (Å²) in [6, 6.07) is 0. The van der Waals surface area contributed by atoms with Crippen LogP contribution in [0.2, 0.25) is 0 Å². The summed E-state index contributed by atoms with van der Waals surface area (Å²) in [5.41, 5.74) is -0.458. The molecule has 0 amide bonds. The van der Waals surface area contributed by atoms with E-state index in [9.17, 15) is 9.90 Å². The minimum absolute atomic E-state index is 0.0992. The van der Waals surface area contributed by atoms with Crippen molar-refractivity contribution in [2.45, 2.75) is 52.2 Å². The zero-order valence-corrected chi connectivity index (χ0v) is 10.1. The normalized spacial score (nSPS) is 15.5. The molecule has 0 aliphatic rings. The standard InChI is InChI=1S/C12H22O3/c1-6-7-10(13)9(2)8-11(14)15-12(3,4)5/h6,9-10,13H,1,7-8H2,2-5H3/t9-,10?/m1/s1. The molecule has 0 saturated heterocycles. The zero-order valence-electron chi connectivity index (χ0n) is 10.1. The summed E-state index contributed by atoms with van der Waals surface area (Å²) in [6.45, 7) is 10.9. The first-order valence-corrected chi connectivity index (χ1v) is 5.27. The van der Waals surface area contributed by atoms with E-state index in [4.69, 9.17) is 4.74 Å². The molecule has 3 heteroatoms. The maximum absolute atomic E-state index is 11.4. The Morgan fingerprint density at radius 2 is 2.07 bits per heavy atom. The Morgan fingerprint density at radius 3 is 2.47 bits per heavy atom. The number of aliphatic hydroxyl groups excluding tert-OH is 1. The van der Waals surface area contributed by atoms with Gasteiger partial charge in [0.2, 0.25) is 0 Å². The fourth-order valence-electron chi connectivity index (χ4n) is 1.19. The molecule has 2 atom stereocenters. The lowest BCUT2D eigenvalue weighted by Gasteiger charge is -2.22. The SMILES string of the molecule is C=CCC(O)[C@H](C)CC(=O)OC(C)(C)C. The highest BCUT2D eigenvalue weighted by atomic mass is 16.6. The van der Waals surface area contributed by atoms with E-state index >= 15 is 0 Å². The summed E-state index contributed by atoms with van der Waals surface area (Å²) in [4.78, 5) is 11.4. The monoisotopic (exact) mass is 214 g/mol. The molecule has 0 heterocycles. The van der Waals surface area contributed by atoms with Crippen molar-refractivity contribution in [3.63, 3.8) is 0 Å². The number of rotatable bonds is 5. The molecule has 0 bridgehead atoms. The molecule has 0 saturated carbocycles. The van der Waals surface area contributed by atoms with Crippen molar-refractivity contribution in [1.82, 2.24) is 0 Å². The van der Waals surface area contributed by atoms with Gasteiger partial charge in [-0.25, -0.2) is 0 Å². The van der Waals surface area contributed by atoms with Crippen molar-refractivity contribution in [2.75, 3.05) is 0 Å². The van der Waals surface area contributed by atoms with Crippen molar-refractivity contribution in [3.8, 4) is 0 Å². The van der Waals surface area contributed by atoms with Crippen molar-refractivity contribution < 1.29 is 14.6 Å². The molecule has 0 aliphatic heterocycles. The number of aliphatic hydroxyl groups is 1. The molecule has 0 aliphatic carbocycles. The number of hydrogen-bond donors (Lipinski definition) is 1. The van der Waals surface area contributed by atoms with Crippen LogP contribution in [-0.2, 0) is 9.53 Å². The van der Waals surface area contributed by atoms with E-state index in [1.54, 1.807) is 6.08 Å². The molecular weight excluding hydrogens is 192 g/mol. The largest absolute Gasteiger partial charge is 0.460 e. The molecule has 0 rings (SSSR count). The van der Waals surface area contributed by atoms with Crippen LogP contribution in [0.1, 0.15) is 40.5 Å². The van der Waals surface area contributed by atoms with Crippen LogP contribution < -0.4 is 0 Å². The minimum atomic E-state index is -0.519.